The number of nitrogens with one attached hydrogen (secondary N) is 1. The molecule has 0 radical (unpaired) electrons. The molecule has 0 aliphatic heterocycles. The van der Waals surface area contributed by atoms with Gasteiger partial charge < -0.3 is 5.32 Å². The second kappa shape index (κ2) is 7.13. The van der Waals surface area contributed by atoms with Gasteiger partial charge in [-0.1, -0.05) is 36.4 Å². The van der Waals surface area contributed by atoms with E-state index >= 15 is 0 Å². The van der Waals surface area contributed by atoms with E-state index in [1.807, 2.05) is 60.7 Å². The number of ketones is 1. The van der Waals surface area contributed by atoms with Crippen LogP contribution in [0.2, 0.25) is 0 Å². The second-order valence-corrected chi connectivity index (χ2v) is 7.19. The molecule has 0 saturated heterocycles. The molecule has 1 amide bonds. The Balaban J connectivity index is 1.65. The number of hydrogen-bond acceptors (Lipinski definition) is 4. The average molecular weight is 372 g/mol. The number of nitrogens with zero attached hydrogens (tertiary/aromatic N) is 1. The molecule has 0 aliphatic carbocycles. The standard InChI is InChI=1S/C22H16N2O2S/c1-14(25)15-6-5-7-17(12-15)22-24-19-11-10-16(13-20(19)27-22)21(26)23-18-8-3-2-4-9-18/h2-13H,1H3,(H,23,26). The number of benzene rings is 3. The lowest BCUT2D eigenvalue weighted by Gasteiger charge is -2.04. The smallest absolute Gasteiger partial charge is 0.255 e. The summed E-state index contributed by atoms with van der Waals surface area (Å²) in [5.41, 5.74) is 3.74. The van der Waals surface area contributed by atoms with Crippen LogP contribution in [-0.4, -0.2) is 16.7 Å². The third kappa shape index (κ3) is 3.64. The number of rotatable bonds is 4. The number of amides is 1. The molecule has 1 N–H and O–H groups in total. The van der Waals surface area contributed by atoms with Gasteiger partial charge in [0.25, 0.3) is 5.91 Å². The number of fused-ring (bicyclic) bond motifs is 1. The maximum Gasteiger partial charge on any atom is 0.255 e. The topological polar surface area (TPSA) is 59.1 Å². The van der Waals surface area contributed by atoms with Crippen molar-refractivity contribution < 1.29 is 9.59 Å². The summed E-state index contributed by atoms with van der Waals surface area (Å²) in [5, 5.41) is 3.72. The molecule has 0 fully saturated rings. The average Bonchev–Trinajstić information content (AvgIpc) is 3.12. The van der Waals surface area contributed by atoms with Crippen molar-refractivity contribution in [2.45, 2.75) is 6.92 Å². The molecule has 3 aromatic carbocycles. The van der Waals surface area contributed by atoms with E-state index in [4.69, 9.17) is 0 Å². The minimum absolute atomic E-state index is 0.0258. The number of hydrogen-bond donors (Lipinski definition) is 1. The lowest BCUT2D eigenvalue weighted by Crippen LogP contribution is -2.11. The van der Waals surface area contributed by atoms with Crippen LogP contribution in [0.5, 0.6) is 0 Å². The molecular formula is C22H16N2O2S. The third-order valence-electron chi connectivity index (χ3n) is 4.20. The largest absolute Gasteiger partial charge is 0.322 e. The molecule has 0 spiro atoms. The molecular weight excluding hydrogens is 356 g/mol. The van der Waals surface area contributed by atoms with Crippen LogP contribution in [0.25, 0.3) is 20.8 Å². The van der Waals surface area contributed by atoms with Crippen LogP contribution in [0.3, 0.4) is 0 Å². The van der Waals surface area contributed by atoms with Gasteiger partial charge in [0, 0.05) is 22.4 Å². The Bertz CT molecular complexity index is 1150. The number of anilines is 1. The van der Waals surface area contributed by atoms with E-state index in [0.29, 0.717) is 11.1 Å². The molecule has 132 valence electrons. The van der Waals surface area contributed by atoms with Crippen LogP contribution in [0, 0.1) is 0 Å². The monoisotopic (exact) mass is 372 g/mol. The van der Waals surface area contributed by atoms with Gasteiger partial charge in [-0.25, -0.2) is 4.98 Å². The van der Waals surface area contributed by atoms with Crippen molar-refractivity contribution in [3.05, 3.63) is 83.9 Å². The molecule has 4 aromatic rings. The Hall–Kier alpha value is -3.31. The van der Waals surface area contributed by atoms with Gasteiger partial charge in [0.05, 0.1) is 10.2 Å². The molecule has 0 saturated carbocycles. The Morgan fingerprint density at radius 2 is 1.70 bits per heavy atom. The number of para-hydroxylation sites is 1. The third-order valence-corrected chi connectivity index (χ3v) is 5.27. The van der Waals surface area contributed by atoms with Gasteiger partial charge in [-0.3, -0.25) is 9.59 Å². The Morgan fingerprint density at radius 1 is 0.889 bits per heavy atom. The molecule has 0 bridgehead atoms. The van der Waals surface area contributed by atoms with Crippen molar-refractivity contribution in [1.82, 2.24) is 4.98 Å². The first-order valence-electron chi connectivity index (χ1n) is 8.48. The summed E-state index contributed by atoms with van der Waals surface area (Å²) in [6.45, 7) is 1.55. The van der Waals surface area contributed by atoms with Gasteiger partial charge in [-0.15, -0.1) is 11.3 Å². The molecule has 1 heterocycles. The zero-order valence-corrected chi connectivity index (χ0v) is 15.4. The minimum Gasteiger partial charge on any atom is -0.322 e. The van der Waals surface area contributed by atoms with E-state index in [2.05, 4.69) is 10.3 Å². The fraction of sp³-hybridized carbons (Fsp3) is 0.0455. The lowest BCUT2D eigenvalue weighted by molar-refractivity contribution is 0.101. The number of thiazole rings is 1. The van der Waals surface area contributed by atoms with Crippen molar-refractivity contribution >= 4 is 38.9 Å². The predicted octanol–water partition coefficient (Wildman–Crippen LogP) is 5.42. The highest BCUT2D eigenvalue weighted by Crippen LogP contribution is 2.31. The zero-order chi connectivity index (χ0) is 18.8. The van der Waals surface area contributed by atoms with E-state index in [9.17, 15) is 9.59 Å². The van der Waals surface area contributed by atoms with Crippen LogP contribution in [0.4, 0.5) is 5.69 Å². The van der Waals surface area contributed by atoms with E-state index < -0.39 is 0 Å². The predicted molar refractivity (Wildman–Crippen MR) is 109 cm³/mol. The number of carbonyl (C=O) groups is 2. The van der Waals surface area contributed by atoms with E-state index in [1.54, 1.807) is 19.1 Å². The second-order valence-electron chi connectivity index (χ2n) is 6.16. The SMILES string of the molecule is CC(=O)c1cccc(-c2nc3ccc(C(=O)Nc4ccccc4)cc3s2)c1. The van der Waals surface area contributed by atoms with Gasteiger partial charge in [0.1, 0.15) is 5.01 Å². The lowest BCUT2D eigenvalue weighted by atomic mass is 10.1. The summed E-state index contributed by atoms with van der Waals surface area (Å²) >= 11 is 1.51. The summed E-state index contributed by atoms with van der Waals surface area (Å²) < 4.78 is 0.930. The Labute approximate surface area is 160 Å². The molecule has 1 aromatic heterocycles. The molecule has 27 heavy (non-hydrogen) atoms. The number of aromatic nitrogens is 1. The first kappa shape index (κ1) is 17.1. The molecule has 4 rings (SSSR count). The van der Waals surface area contributed by atoms with Crippen molar-refractivity contribution in [1.29, 1.82) is 0 Å². The van der Waals surface area contributed by atoms with Crippen molar-refractivity contribution in [2.24, 2.45) is 0 Å². The first-order valence-corrected chi connectivity index (χ1v) is 9.30. The van der Waals surface area contributed by atoms with Crippen LogP contribution in [-0.2, 0) is 0 Å². The number of Topliss-reactive ketones (excluding diaryl/α,β-unsaturated/α-hetero) is 1. The molecule has 0 unspecified atom stereocenters. The summed E-state index contributed by atoms with van der Waals surface area (Å²) in [4.78, 5) is 28.7. The minimum atomic E-state index is -0.156. The van der Waals surface area contributed by atoms with Crippen LogP contribution < -0.4 is 5.32 Å². The summed E-state index contributed by atoms with van der Waals surface area (Å²) in [6, 6.07) is 22.3. The first-order chi connectivity index (χ1) is 13.1. The van der Waals surface area contributed by atoms with Crippen molar-refractivity contribution in [2.75, 3.05) is 5.32 Å². The van der Waals surface area contributed by atoms with Gasteiger partial charge in [-0.2, -0.15) is 0 Å². The van der Waals surface area contributed by atoms with Gasteiger partial charge >= 0.3 is 0 Å². The normalized spacial score (nSPS) is 10.7. The molecule has 4 nitrogen and oxygen atoms in total. The highest BCUT2D eigenvalue weighted by atomic mass is 32.1. The van der Waals surface area contributed by atoms with Gasteiger partial charge in [-0.05, 0) is 43.3 Å². The zero-order valence-electron chi connectivity index (χ0n) is 14.6. The summed E-state index contributed by atoms with van der Waals surface area (Å²) in [7, 11) is 0. The van der Waals surface area contributed by atoms with Crippen molar-refractivity contribution in [3.63, 3.8) is 0 Å². The quantitative estimate of drug-likeness (QED) is 0.487. The van der Waals surface area contributed by atoms with Crippen LogP contribution in [0.15, 0.2) is 72.8 Å². The summed E-state index contributed by atoms with van der Waals surface area (Å²) in [6.07, 6.45) is 0. The Morgan fingerprint density at radius 3 is 2.48 bits per heavy atom. The molecule has 0 aliphatic rings. The van der Waals surface area contributed by atoms with E-state index in [-0.39, 0.29) is 11.7 Å². The molecule has 0 atom stereocenters. The Kier molecular flexibility index (Phi) is 4.52. The highest BCUT2D eigenvalue weighted by Gasteiger charge is 2.12. The highest BCUT2D eigenvalue weighted by molar-refractivity contribution is 7.21. The molecule has 5 heteroatoms. The fourth-order valence-electron chi connectivity index (χ4n) is 2.79. The van der Waals surface area contributed by atoms with E-state index in [1.165, 1.54) is 11.3 Å². The summed E-state index contributed by atoms with van der Waals surface area (Å²) in [5.74, 6) is -0.130. The fourth-order valence-corrected chi connectivity index (χ4v) is 3.79. The van der Waals surface area contributed by atoms with Crippen molar-refractivity contribution in [3.8, 4) is 10.6 Å². The van der Waals surface area contributed by atoms with E-state index in [0.717, 1.165) is 26.5 Å². The van der Waals surface area contributed by atoms with Crippen LogP contribution in [0.1, 0.15) is 27.6 Å². The maximum absolute atomic E-state index is 12.5. The van der Waals surface area contributed by atoms with Gasteiger partial charge in [0.15, 0.2) is 5.78 Å². The van der Waals surface area contributed by atoms with Gasteiger partial charge in [0.2, 0.25) is 0 Å². The maximum atomic E-state index is 12.5. The number of carbonyl (C=O) groups excluding carboxylic acids is 2. The van der Waals surface area contributed by atoms with Crippen LogP contribution >= 0.6 is 11.3 Å².